The van der Waals surface area contributed by atoms with E-state index in [1.54, 1.807) is 19.2 Å². The molecule has 4 rings (SSSR count). The van der Waals surface area contributed by atoms with Crippen LogP contribution in [0.1, 0.15) is 50.7 Å². The minimum absolute atomic E-state index is 0.0943. The highest BCUT2D eigenvalue weighted by Crippen LogP contribution is 2.46. The standard InChI is InChI=1S/C24H30FNO3/c1-16(2)29-22-11-4-17(12-23(22)28-3)15-26-20-9-10-21(26)14-24(27,13-20)18-5-7-19(25)8-6-18/h4-8,11-12,16,20-21,27H,9-10,13-15H2,1-3H3/t20-,21-/m0/s1. The molecule has 0 unspecified atom stereocenters. The van der Waals surface area contributed by atoms with Crippen molar-refractivity contribution in [3.05, 3.63) is 59.4 Å². The first-order valence-corrected chi connectivity index (χ1v) is 10.5. The molecule has 156 valence electrons. The first-order chi connectivity index (χ1) is 13.9. The van der Waals surface area contributed by atoms with Crippen LogP contribution in [-0.2, 0) is 12.1 Å². The quantitative estimate of drug-likeness (QED) is 0.769. The minimum atomic E-state index is -0.872. The van der Waals surface area contributed by atoms with E-state index in [0.717, 1.165) is 36.4 Å². The molecule has 2 heterocycles. The smallest absolute Gasteiger partial charge is 0.161 e. The van der Waals surface area contributed by atoms with Gasteiger partial charge in [0.1, 0.15) is 5.82 Å². The number of nitrogens with zero attached hydrogens (tertiary/aromatic N) is 1. The fourth-order valence-electron chi connectivity index (χ4n) is 4.94. The largest absolute Gasteiger partial charge is 0.493 e. The summed E-state index contributed by atoms with van der Waals surface area (Å²) in [6.07, 6.45) is 3.62. The van der Waals surface area contributed by atoms with Gasteiger partial charge in [0.05, 0.1) is 18.8 Å². The first-order valence-electron chi connectivity index (χ1n) is 10.5. The maximum absolute atomic E-state index is 13.3. The highest BCUT2D eigenvalue weighted by atomic mass is 19.1. The minimum Gasteiger partial charge on any atom is -0.493 e. The van der Waals surface area contributed by atoms with E-state index in [1.165, 1.54) is 17.7 Å². The summed E-state index contributed by atoms with van der Waals surface area (Å²) in [5.41, 5.74) is 1.14. The zero-order valence-electron chi connectivity index (χ0n) is 17.4. The third-order valence-corrected chi connectivity index (χ3v) is 6.26. The molecule has 0 aliphatic carbocycles. The molecule has 0 saturated carbocycles. The Morgan fingerprint density at radius 1 is 1.07 bits per heavy atom. The van der Waals surface area contributed by atoms with Crippen molar-refractivity contribution in [2.75, 3.05) is 7.11 Å². The van der Waals surface area contributed by atoms with Crippen LogP contribution in [0.5, 0.6) is 11.5 Å². The number of hydrogen-bond donors (Lipinski definition) is 1. The van der Waals surface area contributed by atoms with Crippen molar-refractivity contribution in [3.63, 3.8) is 0 Å². The molecule has 2 atom stereocenters. The molecule has 2 fully saturated rings. The number of aliphatic hydroxyl groups is 1. The molecule has 29 heavy (non-hydrogen) atoms. The SMILES string of the molecule is COc1cc(CN2[C@H]3CC[C@H]2CC(O)(c2ccc(F)cc2)C3)ccc1OC(C)C. The zero-order chi connectivity index (χ0) is 20.6. The summed E-state index contributed by atoms with van der Waals surface area (Å²) in [6, 6.07) is 13.1. The van der Waals surface area contributed by atoms with E-state index in [-0.39, 0.29) is 11.9 Å². The Labute approximate surface area is 172 Å². The molecule has 2 aliphatic rings. The molecule has 0 spiro atoms. The average Bonchev–Trinajstić information content (AvgIpc) is 2.93. The molecule has 2 saturated heterocycles. The summed E-state index contributed by atoms with van der Waals surface area (Å²) in [4.78, 5) is 2.51. The predicted molar refractivity (Wildman–Crippen MR) is 111 cm³/mol. The number of fused-ring (bicyclic) bond motifs is 2. The van der Waals surface area contributed by atoms with E-state index in [2.05, 4.69) is 17.0 Å². The summed E-state index contributed by atoms with van der Waals surface area (Å²) in [6.45, 7) is 4.83. The number of halogens is 1. The van der Waals surface area contributed by atoms with Crippen LogP contribution in [0.25, 0.3) is 0 Å². The second-order valence-corrected chi connectivity index (χ2v) is 8.66. The van der Waals surface area contributed by atoms with Gasteiger partial charge in [0, 0.05) is 18.6 Å². The van der Waals surface area contributed by atoms with Crippen molar-refractivity contribution in [2.24, 2.45) is 0 Å². The second kappa shape index (κ2) is 7.96. The average molecular weight is 400 g/mol. The molecular weight excluding hydrogens is 369 g/mol. The van der Waals surface area contributed by atoms with E-state index >= 15 is 0 Å². The topological polar surface area (TPSA) is 41.9 Å². The molecule has 0 amide bonds. The molecule has 2 aromatic rings. The molecule has 1 N–H and O–H groups in total. The Balaban J connectivity index is 1.50. The normalized spacial score (nSPS) is 26.7. The Kier molecular flexibility index (Phi) is 5.54. The lowest BCUT2D eigenvalue weighted by molar-refractivity contribution is -0.0595. The van der Waals surface area contributed by atoms with Crippen LogP contribution in [-0.4, -0.2) is 35.3 Å². The number of hydrogen-bond acceptors (Lipinski definition) is 4. The Morgan fingerprint density at radius 3 is 2.31 bits per heavy atom. The summed E-state index contributed by atoms with van der Waals surface area (Å²) in [5, 5.41) is 11.3. The van der Waals surface area contributed by atoms with Crippen LogP contribution in [0.2, 0.25) is 0 Å². The van der Waals surface area contributed by atoms with E-state index in [9.17, 15) is 9.50 Å². The van der Waals surface area contributed by atoms with Crippen molar-refractivity contribution >= 4 is 0 Å². The first kappa shape index (κ1) is 20.2. The third kappa shape index (κ3) is 4.12. The molecule has 0 radical (unpaired) electrons. The maximum Gasteiger partial charge on any atom is 0.161 e. The number of rotatable bonds is 6. The highest BCUT2D eigenvalue weighted by Gasteiger charge is 2.48. The third-order valence-electron chi connectivity index (χ3n) is 6.26. The maximum atomic E-state index is 13.3. The van der Waals surface area contributed by atoms with Crippen molar-refractivity contribution in [1.29, 1.82) is 0 Å². The van der Waals surface area contributed by atoms with Gasteiger partial charge in [0.25, 0.3) is 0 Å². The predicted octanol–water partition coefficient (Wildman–Crippen LogP) is 4.64. The fraction of sp³-hybridized carbons (Fsp3) is 0.500. The van der Waals surface area contributed by atoms with Crippen LogP contribution >= 0.6 is 0 Å². The van der Waals surface area contributed by atoms with Crippen molar-refractivity contribution in [3.8, 4) is 11.5 Å². The molecule has 2 aliphatic heterocycles. The van der Waals surface area contributed by atoms with Gasteiger partial charge in [-0.05, 0) is 74.9 Å². The van der Waals surface area contributed by atoms with E-state index < -0.39 is 5.60 Å². The van der Waals surface area contributed by atoms with Crippen molar-refractivity contribution in [1.82, 2.24) is 4.90 Å². The number of methoxy groups -OCH3 is 1. The molecule has 5 heteroatoms. The Morgan fingerprint density at radius 2 is 1.72 bits per heavy atom. The van der Waals surface area contributed by atoms with Crippen molar-refractivity contribution < 1.29 is 19.0 Å². The van der Waals surface area contributed by atoms with Gasteiger partial charge < -0.3 is 14.6 Å². The van der Waals surface area contributed by atoms with Gasteiger partial charge >= 0.3 is 0 Å². The van der Waals surface area contributed by atoms with Crippen LogP contribution in [0.4, 0.5) is 4.39 Å². The molecule has 2 aromatic carbocycles. The van der Waals surface area contributed by atoms with E-state index in [4.69, 9.17) is 9.47 Å². The second-order valence-electron chi connectivity index (χ2n) is 8.66. The Bertz CT molecular complexity index is 838. The van der Waals surface area contributed by atoms with Gasteiger partial charge in [-0.2, -0.15) is 0 Å². The van der Waals surface area contributed by atoms with Gasteiger partial charge in [-0.25, -0.2) is 4.39 Å². The van der Waals surface area contributed by atoms with Gasteiger partial charge in [-0.1, -0.05) is 18.2 Å². The van der Waals surface area contributed by atoms with Gasteiger partial charge in [-0.3, -0.25) is 4.90 Å². The highest BCUT2D eigenvalue weighted by molar-refractivity contribution is 5.43. The number of piperidine rings is 1. The lowest BCUT2D eigenvalue weighted by Gasteiger charge is -2.44. The van der Waals surface area contributed by atoms with Crippen molar-refractivity contribution in [2.45, 2.75) is 69.9 Å². The zero-order valence-corrected chi connectivity index (χ0v) is 17.4. The number of benzene rings is 2. The lowest BCUT2D eigenvalue weighted by atomic mass is 9.80. The van der Waals surface area contributed by atoms with Crippen LogP contribution < -0.4 is 9.47 Å². The van der Waals surface area contributed by atoms with Crippen LogP contribution in [0, 0.1) is 5.82 Å². The number of ether oxygens (including phenoxy) is 2. The summed E-state index contributed by atoms with van der Waals surface area (Å²) in [7, 11) is 1.67. The molecular formula is C24H30FNO3. The van der Waals surface area contributed by atoms with Crippen LogP contribution in [0.3, 0.4) is 0 Å². The lowest BCUT2D eigenvalue weighted by Crippen LogP contribution is -2.49. The molecule has 0 aromatic heterocycles. The monoisotopic (exact) mass is 399 g/mol. The van der Waals surface area contributed by atoms with Gasteiger partial charge in [0.2, 0.25) is 0 Å². The summed E-state index contributed by atoms with van der Waals surface area (Å²) >= 11 is 0. The summed E-state index contributed by atoms with van der Waals surface area (Å²) in [5.74, 6) is 1.25. The summed E-state index contributed by atoms with van der Waals surface area (Å²) < 4.78 is 24.7. The fourth-order valence-corrected chi connectivity index (χ4v) is 4.94. The van der Waals surface area contributed by atoms with Gasteiger partial charge in [-0.15, -0.1) is 0 Å². The molecule has 2 bridgehead atoms. The van der Waals surface area contributed by atoms with E-state index in [0.29, 0.717) is 24.9 Å². The Hall–Kier alpha value is -2.11. The van der Waals surface area contributed by atoms with Crippen LogP contribution in [0.15, 0.2) is 42.5 Å². The van der Waals surface area contributed by atoms with Gasteiger partial charge in [0.15, 0.2) is 11.5 Å². The molecule has 4 nitrogen and oxygen atoms in total. The van der Waals surface area contributed by atoms with E-state index in [1.807, 2.05) is 19.9 Å².